The molecule has 1 fully saturated rings. The molecule has 0 radical (unpaired) electrons. The van der Waals surface area contributed by atoms with E-state index in [4.69, 9.17) is 9.84 Å². The molecule has 2 aliphatic rings. The molecular weight excluding hydrogens is 334 g/mol. The van der Waals surface area contributed by atoms with E-state index >= 15 is 0 Å². The number of carbonyl (C=O) groups excluding carboxylic acids is 1. The first kappa shape index (κ1) is 20.2. The molecule has 1 aromatic heterocycles. The van der Waals surface area contributed by atoms with Gasteiger partial charge in [0.25, 0.3) is 0 Å². The van der Waals surface area contributed by atoms with Crippen molar-refractivity contribution in [2.75, 3.05) is 26.2 Å². The van der Waals surface area contributed by atoms with Crippen molar-refractivity contribution in [1.29, 1.82) is 0 Å². The number of aromatic nitrogens is 1. The van der Waals surface area contributed by atoms with Gasteiger partial charge in [-0.3, -0.25) is 4.79 Å². The molecule has 0 saturated carbocycles. The summed E-state index contributed by atoms with van der Waals surface area (Å²) in [7, 11) is 0. The maximum Gasteiger partial charge on any atom is 0.407 e. The van der Waals surface area contributed by atoms with E-state index in [1.807, 2.05) is 20.8 Å². The number of hydrogen-bond acceptors (Lipinski definition) is 5. The fourth-order valence-electron chi connectivity index (χ4n) is 3.10. The van der Waals surface area contributed by atoms with E-state index in [-0.39, 0.29) is 5.54 Å². The van der Waals surface area contributed by atoms with Crippen LogP contribution in [-0.2, 0) is 6.42 Å². The molecule has 0 bridgehead atoms. The summed E-state index contributed by atoms with van der Waals surface area (Å²) in [5.41, 5.74) is 1.28. The van der Waals surface area contributed by atoms with Crippen LogP contribution in [-0.4, -0.2) is 59.1 Å². The largest absolute Gasteiger partial charge is 0.492 e. The minimum Gasteiger partial charge on any atom is -0.492 e. The molecule has 2 aliphatic heterocycles. The Kier molecular flexibility index (Phi) is 6.97. The van der Waals surface area contributed by atoms with Crippen molar-refractivity contribution >= 4 is 12.4 Å². The Morgan fingerprint density at radius 1 is 1.50 bits per heavy atom. The van der Waals surface area contributed by atoms with Crippen LogP contribution in [0.3, 0.4) is 0 Å². The lowest BCUT2D eigenvalue weighted by molar-refractivity contribution is 0.0906. The van der Waals surface area contributed by atoms with Gasteiger partial charge < -0.3 is 20.1 Å². The van der Waals surface area contributed by atoms with Gasteiger partial charge in [-0.15, -0.1) is 0 Å². The molecule has 1 amide bonds. The van der Waals surface area contributed by atoms with E-state index < -0.39 is 6.09 Å². The van der Waals surface area contributed by atoms with E-state index in [0.717, 1.165) is 56.6 Å². The van der Waals surface area contributed by atoms with Gasteiger partial charge in [0.2, 0.25) is 0 Å². The van der Waals surface area contributed by atoms with E-state index in [0.29, 0.717) is 18.2 Å². The molecule has 7 heteroatoms. The zero-order valence-electron chi connectivity index (χ0n) is 15.8. The number of nitrogens with one attached hydrogen (secondary N) is 1. The fourth-order valence-corrected chi connectivity index (χ4v) is 3.10. The molecular formula is C19H29N3O4. The van der Waals surface area contributed by atoms with E-state index in [9.17, 15) is 9.59 Å². The van der Waals surface area contributed by atoms with Crippen molar-refractivity contribution in [3.8, 4) is 5.75 Å². The van der Waals surface area contributed by atoms with Gasteiger partial charge in [-0.05, 0) is 70.7 Å². The lowest BCUT2D eigenvalue weighted by Crippen LogP contribution is -2.47. The lowest BCUT2D eigenvalue weighted by Gasteiger charge is -2.34. The maximum absolute atomic E-state index is 11.0. The first-order chi connectivity index (χ1) is 12.3. The Balaban J connectivity index is 0.000000189. The smallest absolute Gasteiger partial charge is 0.407 e. The Bertz CT molecular complexity index is 622. The van der Waals surface area contributed by atoms with Crippen molar-refractivity contribution in [3.63, 3.8) is 0 Å². The summed E-state index contributed by atoms with van der Waals surface area (Å²) < 4.78 is 5.34. The number of rotatable bonds is 3. The molecule has 0 unspecified atom stereocenters. The zero-order valence-corrected chi connectivity index (χ0v) is 15.8. The first-order valence-corrected chi connectivity index (χ1v) is 9.09. The molecule has 1 saturated heterocycles. The van der Waals surface area contributed by atoms with Gasteiger partial charge >= 0.3 is 6.09 Å². The van der Waals surface area contributed by atoms with Crippen molar-refractivity contribution in [2.24, 2.45) is 5.92 Å². The zero-order chi connectivity index (χ0) is 19.2. The number of amides is 1. The minimum atomic E-state index is -0.815. The van der Waals surface area contributed by atoms with Crippen LogP contribution < -0.4 is 10.1 Å². The highest BCUT2D eigenvalue weighted by molar-refractivity contribution is 5.72. The second-order valence-corrected chi connectivity index (χ2v) is 7.71. The Labute approximate surface area is 154 Å². The Hall–Kier alpha value is -2.15. The Morgan fingerprint density at radius 3 is 2.85 bits per heavy atom. The third-order valence-corrected chi connectivity index (χ3v) is 4.58. The van der Waals surface area contributed by atoms with Crippen LogP contribution in [0.25, 0.3) is 0 Å². The van der Waals surface area contributed by atoms with Crippen LogP contribution in [0.5, 0.6) is 5.75 Å². The molecule has 3 heterocycles. The average molecular weight is 363 g/mol. The third-order valence-electron chi connectivity index (χ3n) is 4.58. The number of fused-ring (bicyclic) bond motifs is 1. The second-order valence-electron chi connectivity index (χ2n) is 7.71. The van der Waals surface area contributed by atoms with Gasteiger partial charge in [0.05, 0.1) is 12.8 Å². The molecule has 0 aliphatic carbocycles. The van der Waals surface area contributed by atoms with Crippen molar-refractivity contribution in [1.82, 2.24) is 15.2 Å². The summed E-state index contributed by atoms with van der Waals surface area (Å²) in [6, 6.07) is 1.79. The summed E-state index contributed by atoms with van der Waals surface area (Å²) in [6.07, 6.45) is 4.66. The number of carbonyl (C=O) groups is 2. The first-order valence-electron chi connectivity index (χ1n) is 9.09. The highest BCUT2D eigenvalue weighted by Crippen LogP contribution is 2.23. The van der Waals surface area contributed by atoms with Crippen LogP contribution in [0, 0.1) is 5.92 Å². The molecule has 26 heavy (non-hydrogen) atoms. The molecule has 1 aromatic rings. The predicted molar refractivity (Wildman–Crippen MR) is 98.9 cm³/mol. The van der Waals surface area contributed by atoms with Crippen LogP contribution >= 0.6 is 0 Å². The summed E-state index contributed by atoms with van der Waals surface area (Å²) in [5, 5.41) is 12.3. The number of carboxylic acid groups (broad SMARTS) is 1. The predicted octanol–water partition coefficient (Wildman–Crippen LogP) is 2.59. The number of nitrogens with zero attached hydrogens (tertiary/aromatic N) is 2. The van der Waals surface area contributed by atoms with Gasteiger partial charge in [0.15, 0.2) is 6.29 Å². The van der Waals surface area contributed by atoms with Crippen molar-refractivity contribution in [3.05, 3.63) is 23.5 Å². The van der Waals surface area contributed by atoms with Gasteiger partial charge in [-0.1, -0.05) is 0 Å². The van der Waals surface area contributed by atoms with Crippen molar-refractivity contribution in [2.45, 2.75) is 45.6 Å². The number of pyridine rings is 1. The third kappa shape index (κ3) is 5.69. The van der Waals surface area contributed by atoms with Crippen LogP contribution in [0.15, 0.2) is 12.3 Å². The van der Waals surface area contributed by atoms with Gasteiger partial charge in [0, 0.05) is 12.1 Å². The minimum absolute atomic E-state index is 0.297. The highest BCUT2D eigenvalue weighted by atomic mass is 16.5. The van der Waals surface area contributed by atoms with Crippen LogP contribution in [0.4, 0.5) is 4.79 Å². The summed E-state index contributed by atoms with van der Waals surface area (Å²) in [6.45, 7) is 9.17. The van der Waals surface area contributed by atoms with Crippen molar-refractivity contribution < 1.29 is 19.4 Å². The topological polar surface area (TPSA) is 91.8 Å². The number of aldehydes is 1. The second kappa shape index (κ2) is 8.98. The van der Waals surface area contributed by atoms with E-state index in [2.05, 4.69) is 10.3 Å². The van der Waals surface area contributed by atoms with Crippen LogP contribution in [0.2, 0.25) is 0 Å². The number of hydrogen-bond donors (Lipinski definition) is 2. The van der Waals surface area contributed by atoms with E-state index in [1.54, 1.807) is 12.3 Å². The van der Waals surface area contributed by atoms with Gasteiger partial charge in [0.1, 0.15) is 11.4 Å². The summed E-state index contributed by atoms with van der Waals surface area (Å²) in [5.74, 6) is 1.30. The summed E-state index contributed by atoms with van der Waals surface area (Å²) in [4.78, 5) is 26.9. The average Bonchev–Trinajstić information content (AvgIpc) is 3.12. The Morgan fingerprint density at radius 2 is 2.27 bits per heavy atom. The van der Waals surface area contributed by atoms with E-state index in [1.165, 1.54) is 4.90 Å². The standard InChI is InChI=1S/C10H20N2O2.C9H9NO2/c1-10(2,3)12(9(13)14)7-8-4-5-11-6-8;11-6-8-4-7-2-1-3-12-9(7)5-10-8/h8,11H,4-7H2,1-3H3,(H,13,14);4-6H,1-3H2/t8-;/m0./s1. The molecule has 144 valence electrons. The SMILES string of the molecule is CC(C)(C)N(C[C@H]1CCNC1)C(=O)O.O=Cc1cc2c(cn1)OCCC2. The molecule has 7 nitrogen and oxygen atoms in total. The monoisotopic (exact) mass is 363 g/mol. The van der Waals surface area contributed by atoms with Crippen LogP contribution in [0.1, 0.15) is 49.7 Å². The number of aryl methyl sites for hydroxylation is 1. The lowest BCUT2D eigenvalue weighted by atomic mass is 10.0. The molecule has 1 atom stereocenters. The fraction of sp³-hybridized carbons (Fsp3) is 0.632. The highest BCUT2D eigenvalue weighted by Gasteiger charge is 2.29. The molecule has 3 rings (SSSR count). The van der Waals surface area contributed by atoms with Gasteiger partial charge in [-0.25, -0.2) is 9.78 Å². The molecule has 0 spiro atoms. The maximum atomic E-state index is 11.0. The summed E-state index contributed by atoms with van der Waals surface area (Å²) >= 11 is 0. The molecule has 0 aromatic carbocycles. The molecule has 2 N–H and O–H groups in total. The van der Waals surface area contributed by atoms with Gasteiger partial charge in [-0.2, -0.15) is 0 Å². The quantitative estimate of drug-likeness (QED) is 0.802. The normalized spacial score (nSPS) is 18.8. The number of ether oxygens (including phenoxy) is 1.